The van der Waals surface area contributed by atoms with Crippen molar-refractivity contribution in [2.75, 3.05) is 19.8 Å². The third kappa shape index (κ3) is 21.1. The van der Waals surface area contributed by atoms with E-state index in [0.29, 0.717) is 19.8 Å². The molecule has 0 atom stereocenters. The van der Waals surface area contributed by atoms with Gasteiger partial charge in [-0.1, -0.05) is 117 Å². The van der Waals surface area contributed by atoms with Gasteiger partial charge in [0.25, 0.3) is 0 Å². The molecule has 0 saturated heterocycles. The van der Waals surface area contributed by atoms with Crippen molar-refractivity contribution in [3.63, 3.8) is 0 Å². The summed E-state index contributed by atoms with van der Waals surface area (Å²) in [4.78, 5) is 0. The van der Waals surface area contributed by atoms with Crippen molar-refractivity contribution in [1.29, 1.82) is 0 Å². The Morgan fingerprint density at radius 3 is 1.07 bits per heavy atom. The summed E-state index contributed by atoms with van der Waals surface area (Å²) in [5.41, 5.74) is 0. The molecule has 0 aromatic carbocycles. The molecular weight excluding hydrogens is 383 g/mol. The maximum absolute atomic E-state index is 12.4. The Morgan fingerprint density at radius 1 is 0.414 bits per heavy atom. The van der Waals surface area contributed by atoms with Crippen molar-refractivity contribution in [1.82, 2.24) is 0 Å². The average molecular weight is 435 g/mol. The number of hydrogen-bond acceptors (Lipinski definition) is 4. The van der Waals surface area contributed by atoms with Crippen LogP contribution in [0.3, 0.4) is 0 Å². The highest BCUT2D eigenvalue weighted by atomic mass is 31.2. The molecule has 0 aliphatic heterocycles. The largest absolute Gasteiger partial charge is 0.474 e. The molecule has 0 unspecified atom stereocenters. The number of phosphoric acid groups is 1. The van der Waals surface area contributed by atoms with E-state index in [1.54, 1.807) is 0 Å². The molecule has 0 bridgehead atoms. The van der Waals surface area contributed by atoms with Crippen LogP contribution in [0.2, 0.25) is 0 Å². The Kier molecular flexibility index (Phi) is 22.9. The molecule has 0 aromatic heterocycles. The fraction of sp³-hybridized carbons (Fsp3) is 1.00. The van der Waals surface area contributed by atoms with E-state index < -0.39 is 7.82 Å². The summed E-state index contributed by atoms with van der Waals surface area (Å²) in [6, 6.07) is 0. The average Bonchev–Trinajstić information content (AvgIpc) is 2.73. The first-order valence-corrected chi connectivity index (χ1v) is 14.2. The molecule has 0 spiro atoms. The standard InChI is InChI=1S/C24H51O4P/c1-4-7-8-9-10-11-12-13-14-15-16-17-18-19-20-21-24-28-29(25,26-22-5-2)27-23-6-3/h4-24H2,1-3H3. The zero-order chi connectivity index (χ0) is 21.5. The van der Waals surface area contributed by atoms with Crippen LogP contribution in [0.5, 0.6) is 0 Å². The van der Waals surface area contributed by atoms with E-state index in [2.05, 4.69) is 6.92 Å². The monoisotopic (exact) mass is 434 g/mol. The fourth-order valence-corrected chi connectivity index (χ4v) is 4.73. The Morgan fingerprint density at radius 2 is 0.724 bits per heavy atom. The van der Waals surface area contributed by atoms with Crippen LogP contribution < -0.4 is 0 Å². The van der Waals surface area contributed by atoms with Gasteiger partial charge in [-0.05, 0) is 19.3 Å². The Balaban J connectivity index is 3.38. The quantitative estimate of drug-likeness (QED) is 0.112. The Bertz CT molecular complexity index is 351. The zero-order valence-corrected chi connectivity index (χ0v) is 20.8. The molecular formula is C24H51O4P. The van der Waals surface area contributed by atoms with Gasteiger partial charge in [0.05, 0.1) is 19.8 Å². The molecule has 0 rings (SSSR count). The lowest BCUT2D eigenvalue weighted by Gasteiger charge is -2.17. The van der Waals surface area contributed by atoms with Gasteiger partial charge in [0.2, 0.25) is 0 Å². The molecule has 176 valence electrons. The lowest BCUT2D eigenvalue weighted by molar-refractivity contribution is 0.111. The summed E-state index contributed by atoms with van der Waals surface area (Å²) in [5, 5.41) is 0. The van der Waals surface area contributed by atoms with Gasteiger partial charge < -0.3 is 0 Å². The third-order valence-electron chi connectivity index (χ3n) is 5.15. The molecule has 4 nitrogen and oxygen atoms in total. The molecule has 0 N–H and O–H groups in total. The van der Waals surface area contributed by atoms with Gasteiger partial charge in [-0.3, -0.25) is 13.6 Å². The lowest BCUT2D eigenvalue weighted by Crippen LogP contribution is -2.03. The first kappa shape index (κ1) is 29.1. The second-order valence-corrected chi connectivity index (χ2v) is 9.92. The van der Waals surface area contributed by atoms with Crippen LogP contribution in [-0.2, 0) is 18.1 Å². The molecule has 29 heavy (non-hydrogen) atoms. The third-order valence-corrected chi connectivity index (χ3v) is 6.65. The van der Waals surface area contributed by atoms with Crippen LogP contribution in [0.1, 0.15) is 136 Å². The van der Waals surface area contributed by atoms with E-state index in [1.165, 1.54) is 89.9 Å². The Labute approximate surface area is 182 Å². The highest BCUT2D eigenvalue weighted by molar-refractivity contribution is 7.48. The van der Waals surface area contributed by atoms with Crippen LogP contribution in [0, 0.1) is 0 Å². The highest BCUT2D eigenvalue weighted by Gasteiger charge is 2.25. The van der Waals surface area contributed by atoms with Gasteiger partial charge in [0.1, 0.15) is 0 Å². The smallest absolute Gasteiger partial charge is 0.287 e. The molecule has 0 radical (unpaired) electrons. The zero-order valence-electron chi connectivity index (χ0n) is 19.9. The lowest BCUT2D eigenvalue weighted by atomic mass is 10.0. The fourth-order valence-electron chi connectivity index (χ4n) is 3.34. The van der Waals surface area contributed by atoms with Crippen LogP contribution >= 0.6 is 7.82 Å². The van der Waals surface area contributed by atoms with E-state index in [0.717, 1.165) is 25.7 Å². The topological polar surface area (TPSA) is 44.8 Å². The van der Waals surface area contributed by atoms with Crippen molar-refractivity contribution in [3.8, 4) is 0 Å². The maximum Gasteiger partial charge on any atom is 0.474 e. The molecule has 0 aliphatic rings. The van der Waals surface area contributed by atoms with Gasteiger partial charge in [-0.15, -0.1) is 0 Å². The molecule has 0 saturated carbocycles. The minimum absolute atomic E-state index is 0.417. The summed E-state index contributed by atoms with van der Waals surface area (Å²) >= 11 is 0. The minimum Gasteiger partial charge on any atom is -0.287 e. The maximum atomic E-state index is 12.4. The molecule has 0 aliphatic carbocycles. The summed E-state index contributed by atoms with van der Waals surface area (Å²) in [6.07, 6.45) is 23.1. The van der Waals surface area contributed by atoms with Gasteiger partial charge >= 0.3 is 7.82 Å². The van der Waals surface area contributed by atoms with Crippen molar-refractivity contribution >= 4 is 7.82 Å². The summed E-state index contributed by atoms with van der Waals surface area (Å²) < 4.78 is 28.5. The highest BCUT2D eigenvalue weighted by Crippen LogP contribution is 2.49. The summed E-state index contributed by atoms with van der Waals surface area (Å²) in [7, 11) is -3.34. The van der Waals surface area contributed by atoms with Gasteiger partial charge in [-0.2, -0.15) is 0 Å². The van der Waals surface area contributed by atoms with E-state index in [-0.39, 0.29) is 0 Å². The Hall–Kier alpha value is 0.110. The molecule has 5 heteroatoms. The normalized spacial score (nSPS) is 12.0. The SMILES string of the molecule is CCCCCCCCCCCCCCCCCCOP(=O)(OCCC)OCCC. The predicted octanol–water partition coefficient (Wildman–Crippen LogP) is 9.23. The molecule has 0 aromatic rings. The first-order chi connectivity index (χ1) is 14.2. The van der Waals surface area contributed by atoms with Crippen molar-refractivity contribution in [2.24, 2.45) is 0 Å². The summed E-state index contributed by atoms with van der Waals surface area (Å²) in [6.45, 7) is 7.55. The van der Waals surface area contributed by atoms with Gasteiger partial charge in [0, 0.05) is 0 Å². The molecule has 0 fully saturated rings. The van der Waals surface area contributed by atoms with Crippen LogP contribution in [0.4, 0.5) is 0 Å². The van der Waals surface area contributed by atoms with Crippen LogP contribution in [0.15, 0.2) is 0 Å². The minimum atomic E-state index is -3.34. The molecule has 0 heterocycles. The van der Waals surface area contributed by atoms with Gasteiger partial charge in [-0.25, -0.2) is 4.57 Å². The number of rotatable bonds is 24. The second kappa shape index (κ2) is 22.8. The second-order valence-electron chi connectivity index (χ2n) is 8.25. The number of unbranched alkanes of at least 4 members (excludes halogenated alkanes) is 15. The van der Waals surface area contributed by atoms with Crippen LogP contribution in [-0.4, -0.2) is 19.8 Å². The predicted molar refractivity (Wildman–Crippen MR) is 126 cm³/mol. The van der Waals surface area contributed by atoms with Crippen LogP contribution in [0.25, 0.3) is 0 Å². The van der Waals surface area contributed by atoms with E-state index >= 15 is 0 Å². The van der Waals surface area contributed by atoms with Crippen molar-refractivity contribution in [2.45, 2.75) is 136 Å². The molecule has 0 amide bonds. The van der Waals surface area contributed by atoms with Crippen molar-refractivity contribution in [3.05, 3.63) is 0 Å². The summed E-state index contributed by atoms with van der Waals surface area (Å²) in [5.74, 6) is 0. The number of hydrogen-bond donors (Lipinski definition) is 0. The van der Waals surface area contributed by atoms with E-state index in [4.69, 9.17) is 13.6 Å². The van der Waals surface area contributed by atoms with Crippen molar-refractivity contribution < 1.29 is 18.1 Å². The van der Waals surface area contributed by atoms with E-state index in [9.17, 15) is 4.57 Å². The number of phosphoric ester groups is 1. The van der Waals surface area contributed by atoms with Gasteiger partial charge in [0.15, 0.2) is 0 Å². The van der Waals surface area contributed by atoms with E-state index in [1.807, 2.05) is 13.8 Å². The first-order valence-electron chi connectivity index (χ1n) is 12.7.